The van der Waals surface area contributed by atoms with Crippen LogP contribution in [0.25, 0.3) is 0 Å². The molecule has 106 valence electrons. The number of hydrogen-bond donors (Lipinski definition) is 1. The molecule has 0 saturated heterocycles. The number of ether oxygens (including phenoxy) is 1. The molecule has 0 saturated carbocycles. The minimum absolute atomic E-state index is 0.0311. The van der Waals surface area contributed by atoms with Gasteiger partial charge in [0.2, 0.25) is 0 Å². The first-order chi connectivity index (χ1) is 9.61. The number of rotatable bonds is 6. The van der Waals surface area contributed by atoms with Gasteiger partial charge in [0.05, 0.1) is 19.4 Å². The molecular formula is C13H13ClN2O3S. The predicted octanol–water partition coefficient (Wildman–Crippen LogP) is 2.77. The quantitative estimate of drug-likeness (QED) is 0.831. The highest BCUT2D eigenvalue weighted by Crippen LogP contribution is 2.28. The van der Waals surface area contributed by atoms with E-state index in [4.69, 9.17) is 21.4 Å². The van der Waals surface area contributed by atoms with Crippen molar-refractivity contribution in [2.75, 3.05) is 12.9 Å². The maximum absolute atomic E-state index is 10.6. The van der Waals surface area contributed by atoms with Crippen molar-refractivity contribution in [1.29, 1.82) is 0 Å². The molecule has 0 radical (unpaired) electrons. The molecule has 0 unspecified atom stereocenters. The van der Waals surface area contributed by atoms with Crippen LogP contribution in [-0.4, -0.2) is 33.5 Å². The maximum atomic E-state index is 10.6. The van der Waals surface area contributed by atoms with Crippen molar-refractivity contribution in [3.05, 3.63) is 41.2 Å². The van der Waals surface area contributed by atoms with Crippen LogP contribution in [-0.2, 0) is 11.3 Å². The topological polar surface area (TPSA) is 64.4 Å². The van der Waals surface area contributed by atoms with Gasteiger partial charge >= 0.3 is 5.97 Å². The second-order valence-corrected chi connectivity index (χ2v) is 5.29. The summed E-state index contributed by atoms with van der Waals surface area (Å²) in [5.41, 5.74) is 0.840. The van der Waals surface area contributed by atoms with Crippen molar-refractivity contribution in [3.8, 4) is 5.75 Å². The average Bonchev–Trinajstić information content (AvgIpc) is 2.86. The van der Waals surface area contributed by atoms with Crippen LogP contribution >= 0.6 is 23.4 Å². The smallest absolute Gasteiger partial charge is 0.313 e. The van der Waals surface area contributed by atoms with Crippen molar-refractivity contribution in [3.63, 3.8) is 0 Å². The van der Waals surface area contributed by atoms with Gasteiger partial charge in [0.1, 0.15) is 5.75 Å². The standard InChI is InChI=1S/C13H13ClN2O3S/c1-19-11-4-2-3-10(14)9(11)7-16-6-5-15-13(16)20-8-12(17)18/h2-6H,7-8H2,1H3,(H,17,18). The third kappa shape index (κ3) is 3.46. The van der Waals surface area contributed by atoms with Gasteiger partial charge in [-0.15, -0.1) is 0 Å². The number of carboxylic acid groups (broad SMARTS) is 1. The van der Waals surface area contributed by atoms with Gasteiger partial charge in [-0.2, -0.15) is 0 Å². The minimum atomic E-state index is -0.875. The first-order valence-corrected chi connectivity index (χ1v) is 7.15. The maximum Gasteiger partial charge on any atom is 0.313 e. The Bertz CT molecular complexity index is 615. The van der Waals surface area contributed by atoms with E-state index in [0.29, 0.717) is 22.5 Å². The Morgan fingerprint density at radius 1 is 1.55 bits per heavy atom. The summed E-state index contributed by atoms with van der Waals surface area (Å²) in [5, 5.41) is 9.96. The van der Waals surface area contributed by atoms with Crippen LogP contribution in [0.1, 0.15) is 5.56 Å². The first kappa shape index (κ1) is 14.7. The van der Waals surface area contributed by atoms with E-state index in [0.717, 1.165) is 5.56 Å². The first-order valence-electron chi connectivity index (χ1n) is 5.79. The van der Waals surface area contributed by atoms with Gasteiger partial charge in [0, 0.05) is 23.0 Å². The number of hydrogen-bond acceptors (Lipinski definition) is 4. The highest BCUT2D eigenvalue weighted by molar-refractivity contribution is 7.99. The van der Waals surface area contributed by atoms with Crippen molar-refractivity contribution in [2.24, 2.45) is 0 Å². The summed E-state index contributed by atoms with van der Waals surface area (Å²) in [4.78, 5) is 14.8. The van der Waals surface area contributed by atoms with E-state index < -0.39 is 5.97 Å². The number of aromatic nitrogens is 2. The largest absolute Gasteiger partial charge is 0.496 e. The van der Waals surface area contributed by atoms with Gasteiger partial charge in [-0.1, -0.05) is 29.4 Å². The van der Waals surface area contributed by atoms with E-state index in [2.05, 4.69) is 4.98 Å². The molecule has 2 rings (SSSR count). The van der Waals surface area contributed by atoms with Crippen LogP contribution in [0.15, 0.2) is 35.7 Å². The summed E-state index contributed by atoms with van der Waals surface area (Å²) >= 11 is 7.36. The lowest BCUT2D eigenvalue weighted by Crippen LogP contribution is -2.05. The number of thioether (sulfide) groups is 1. The second-order valence-electron chi connectivity index (χ2n) is 3.94. The molecule has 1 aromatic heterocycles. The Balaban J connectivity index is 2.22. The number of methoxy groups -OCH3 is 1. The number of nitrogens with zero attached hydrogens (tertiary/aromatic N) is 2. The average molecular weight is 313 g/mol. The second kappa shape index (κ2) is 6.67. The zero-order valence-electron chi connectivity index (χ0n) is 10.7. The molecule has 2 aromatic rings. The normalized spacial score (nSPS) is 10.5. The van der Waals surface area contributed by atoms with E-state index in [9.17, 15) is 4.79 Å². The molecule has 1 aromatic carbocycles. The van der Waals surface area contributed by atoms with Gasteiger partial charge in [-0.05, 0) is 12.1 Å². The lowest BCUT2D eigenvalue weighted by molar-refractivity contribution is -0.133. The van der Waals surface area contributed by atoms with Crippen LogP contribution in [0, 0.1) is 0 Å². The van der Waals surface area contributed by atoms with E-state index in [1.165, 1.54) is 11.8 Å². The Hall–Kier alpha value is -1.66. The van der Waals surface area contributed by atoms with Gasteiger partial charge in [-0.25, -0.2) is 4.98 Å². The molecule has 0 bridgehead atoms. The molecule has 0 atom stereocenters. The molecule has 0 amide bonds. The molecule has 0 aliphatic heterocycles. The van der Waals surface area contributed by atoms with E-state index in [-0.39, 0.29) is 5.75 Å². The van der Waals surface area contributed by atoms with Crippen LogP contribution in [0.3, 0.4) is 0 Å². The molecular weight excluding hydrogens is 300 g/mol. The molecule has 1 heterocycles. The summed E-state index contributed by atoms with van der Waals surface area (Å²) in [5.74, 6) is -0.211. The van der Waals surface area contributed by atoms with Crippen LogP contribution < -0.4 is 4.74 Å². The monoisotopic (exact) mass is 312 g/mol. The molecule has 0 aliphatic carbocycles. The number of aliphatic carboxylic acids is 1. The highest BCUT2D eigenvalue weighted by atomic mass is 35.5. The minimum Gasteiger partial charge on any atom is -0.496 e. The third-order valence-electron chi connectivity index (χ3n) is 2.63. The van der Waals surface area contributed by atoms with Crippen LogP contribution in [0.2, 0.25) is 5.02 Å². The van der Waals surface area contributed by atoms with E-state index in [1.807, 2.05) is 16.7 Å². The van der Waals surface area contributed by atoms with Crippen LogP contribution in [0.4, 0.5) is 0 Å². The van der Waals surface area contributed by atoms with Gasteiger partial charge < -0.3 is 14.4 Å². The van der Waals surface area contributed by atoms with Gasteiger partial charge in [-0.3, -0.25) is 4.79 Å². The summed E-state index contributed by atoms with van der Waals surface area (Å²) in [6.45, 7) is 0.477. The predicted molar refractivity (Wildman–Crippen MR) is 77.7 cm³/mol. The van der Waals surface area contributed by atoms with Gasteiger partial charge in [0.15, 0.2) is 5.16 Å². The Kier molecular flexibility index (Phi) is 4.92. The lowest BCUT2D eigenvalue weighted by Gasteiger charge is -2.12. The van der Waals surface area contributed by atoms with Crippen molar-refractivity contribution >= 4 is 29.3 Å². The summed E-state index contributed by atoms with van der Waals surface area (Å²) in [6.07, 6.45) is 3.42. The zero-order chi connectivity index (χ0) is 14.5. The van der Waals surface area contributed by atoms with Crippen molar-refractivity contribution in [1.82, 2.24) is 9.55 Å². The fourth-order valence-corrected chi connectivity index (χ4v) is 2.64. The molecule has 7 heteroatoms. The van der Waals surface area contributed by atoms with Gasteiger partial charge in [0.25, 0.3) is 0 Å². The zero-order valence-corrected chi connectivity index (χ0v) is 12.3. The molecule has 0 fully saturated rings. The molecule has 0 spiro atoms. The number of halogens is 1. The summed E-state index contributed by atoms with van der Waals surface area (Å²) in [6, 6.07) is 5.45. The molecule has 20 heavy (non-hydrogen) atoms. The summed E-state index contributed by atoms with van der Waals surface area (Å²) < 4.78 is 7.14. The number of imidazole rings is 1. The van der Waals surface area contributed by atoms with Crippen molar-refractivity contribution in [2.45, 2.75) is 11.7 Å². The Morgan fingerprint density at radius 3 is 3.05 bits per heavy atom. The lowest BCUT2D eigenvalue weighted by atomic mass is 10.2. The number of carbonyl (C=O) groups is 1. The third-order valence-corrected chi connectivity index (χ3v) is 3.97. The molecule has 0 aliphatic rings. The molecule has 1 N–H and O–H groups in total. The SMILES string of the molecule is COc1cccc(Cl)c1Cn1ccnc1SCC(=O)O. The Labute approximate surface area is 125 Å². The highest BCUT2D eigenvalue weighted by Gasteiger charge is 2.12. The summed E-state index contributed by atoms with van der Waals surface area (Å²) in [7, 11) is 1.59. The number of carboxylic acids is 1. The fraction of sp³-hybridized carbons (Fsp3) is 0.231. The van der Waals surface area contributed by atoms with E-state index in [1.54, 1.807) is 25.6 Å². The number of benzene rings is 1. The molecule has 5 nitrogen and oxygen atoms in total. The van der Waals surface area contributed by atoms with E-state index >= 15 is 0 Å². The van der Waals surface area contributed by atoms with Crippen LogP contribution in [0.5, 0.6) is 5.75 Å². The Morgan fingerprint density at radius 2 is 2.35 bits per heavy atom. The van der Waals surface area contributed by atoms with Crippen molar-refractivity contribution < 1.29 is 14.6 Å². The fourth-order valence-electron chi connectivity index (χ4n) is 1.74.